The number of ether oxygens (including phenoxy) is 3. The number of esters is 3. The van der Waals surface area contributed by atoms with Crippen LogP contribution in [0, 0.1) is 0 Å². The molecule has 0 fully saturated rings. The van der Waals surface area contributed by atoms with Crippen LogP contribution >= 0.6 is 0 Å². The van der Waals surface area contributed by atoms with Crippen LogP contribution in [0.3, 0.4) is 0 Å². The van der Waals surface area contributed by atoms with Gasteiger partial charge < -0.3 is 14.2 Å². The van der Waals surface area contributed by atoms with Crippen LogP contribution in [-0.4, -0.2) is 37.2 Å². The SMILES string of the molecule is CCCCCCC/C=C\C/C=C\C/C=C\CCCCCCCCCCC(=O)OCC(COC(=O)CCCCCCCCCCC)OC(=O)CCCCCCCCCCC/C=C\CCCCCCCCCC. The van der Waals surface area contributed by atoms with E-state index >= 15 is 0 Å². The topological polar surface area (TPSA) is 78.9 Å². The van der Waals surface area contributed by atoms with E-state index in [1.807, 2.05) is 0 Å². The molecular formula is C65H118O6. The first-order valence-corrected chi connectivity index (χ1v) is 31.1. The van der Waals surface area contributed by atoms with E-state index in [0.717, 1.165) is 77.0 Å². The van der Waals surface area contributed by atoms with Crippen LogP contribution in [0.25, 0.3) is 0 Å². The molecule has 0 radical (unpaired) electrons. The average Bonchev–Trinajstić information content (AvgIpc) is 3.37. The van der Waals surface area contributed by atoms with Crippen molar-refractivity contribution in [3.05, 3.63) is 48.6 Å². The van der Waals surface area contributed by atoms with Gasteiger partial charge in [-0.25, -0.2) is 0 Å². The molecule has 0 aromatic rings. The molecule has 0 bridgehead atoms. The van der Waals surface area contributed by atoms with Gasteiger partial charge in [-0.3, -0.25) is 14.4 Å². The van der Waals surface area contributed by atoms with E-state index in [9.17, 15) is 14.4 Å². The molecule has 0 saturated carbocycles. The lowest BCUT2D eigenvalue weighted by Crippen LogP contribution is -2.30. The number of unbranched alkanes of at least 4 members (excludes halogenated alkanes) is 38. The van der Waals surface area contributed by atoms with Crippen molar-refractivity contribution in [2.24, 2.45) is 0 Å². The van der Waals surface area contributed by atoms with E-state index in [1.165, 1.54) is 212 Å². The van der Waals surface area contributed by atoms with Crippen molar-refractivity contribution in [3.8, 4) is 0 Å². The van der Waals surface area contributed by atoms with Crippen molar-refractivity contribution in [2.45, 2.75) is 335 Å². The molecule has 0 rings (SSSR count). The highest BCUT2D eigenvalue weighted by molar-refractivity contribution is 5.71. The van der Waals surface area contributed by atoms with Crippen LogP contribution in [0.15, 0.2) is 48.6 Å². The monoisotopic (exact) mass is 995 g/mol. The summed E-state index contributed by atoms with van der Waals surface area (Å²) < 4.78 is 16.9. The average molecular weight is 996 g/mol. The first-order valence-electron chi connectivity index (χ1n) is 31.1. The van der Waals surface area contributed by atoms with Gasteiger partial charge in [0.2, 0.25) is 0 Å². The summed E-state index contributed by atoms with van der Waals surface area (Å²) in [6.45, 7) is 6.64. The van der Waals surface area contributed by atoms with E-state index in [2.05, 4.69) is 69.4 Å². The zero-order valence-electron chi connectivity index (χ0n) is 47.5. The highest BCUT2D eigenvalue weighted by Crippen LogP contribution is 2.16. The van der Waals surface area contributed by atoms with Crippen LogP contribution in [0.2, 0.25) is 0 Å². The van der Waals surface area contributed by atoms with Gasteiger partial charge in [0.25, 0.3) is 0 Å². The maximum absolute atomic E-state index is 12.9. The first-order chi connectivity index (χ1) is 35.0. The van der Waals surface area contributed by atoms with Crippen LogP contribution in [0.1, 0.15) is 329 Å². The third-order valence-electron chi connectivity index (χ3n) is 13.8. The van der Waals surface area contributed by atoms with Crippen molar-refractivity contribution in [3.63, 3.8) is 0 Å². The summed E-state index contributed by atoms with van der Waals surface area (Å²) in [6, 6.07) is 0. The largest absolute Gasteiger partial charge is 0.462 e. The fourth-order valence-corrected chi connectivity index (χ4v) is 9.09. The summed E-state index contributed by atoms with van der Waals surface area (Å²) in [7, 11) is 0. The van der Waals surface area contributed by atoms with Gasteiger partial charge >= 0.3 is 17.9 Å². The number of carbonyl (C=O) groups is 3. The molecule has 0 aliphatic rings. The maximum Gasteiger partial charge on any atom is 0.306 e. The highest BCUT2D eigenvalue weighted by Gasteiger charge is 2.19. The number of hydrogen-bond acceptors (Lipinski definition) is 6. The van der Waals surface area contributed by atoms with Gasteiger partial charge in [-0.15, -0.1) is 0 Å². The lowest BCUT2D eigenvalue weighted by molar-refractivity contribution is -0.167. The fourth-order valence-electron chi connectivity index (χ4n) is 9.09. The minimum absolute atomic E-state index is 0.0735. The number of allylic oxidation sites excluding steroid dienone is 8. The zero-order chi connectivity index (χ0) is 51.4. The molecule has 0 aromatic carbocycles. The van der Waals surface area contributed by atoms with Crippen LogP contribution in [-0.2, 0) is 28.6 Å². The molecule has 0 aliphatic carbocycles. The van der Waals surface area contributed by atoms with E-state index in [4.69, 9.17) is 14.2 Å². The third kappa shape index (κ3) is 58.1. The molecule has 0 saturated heterocycles. The third-order valence-corrected chi connectivity index (χ3v) is 13.8. The summed E-state index contributed by atoms with van der Waals surface area (Å²) in [4.78, 5) is 38.1. The Morgan fingerprint density at radius 1 is 0.282 bits per heavy atom. The molecule has 1 unspecified atom stereocenters. The normalized spacial score (nSPS) is 12.3. The van der Waals surface area contributed by atoms with Gasteiger partial charge in [-0.2, -0.15) is 0 Å². The molecule has 1 atom stereocenters. The minimum atomic E-state index is -0.775. The standard InChI is InChI=1S/C65H118O6/c1-4-7-10-13-16-19-21-23-25-27-29-31-32-34-35-37-39-41-43-46-49-52-55-58-64(67)70-61-62(60-69-63(66)57-54-51-48-45-18-15-12-9-6-3)71-65(68)59-56-53-50-47-44-42-40-38-36-33-30-28-26-24-22-20-17-14-11-8-5-2/h21,23,27-30,32,34,62H,4-20,22,24-26,31,33,35-61H2,1-3H3/b23-21-,29-27-,30-28-,34-32-. The van der Waals surface area contributed by atoms with Crippen molar-refractivity contribution >= 4 is 17.9 Å². The molecule has 414 valence electrons. The first kappa shape index (κ1) is 68.4. The van der Waals surface area contributed by atoms with Gasteiger partial charge in [0, 0.05) is 19.3 Å². The molecule has 0 heterocycles. The van der Waals surface area contributed by atoms with Gasteiger partial charge in [0.1, 0.15) is 13.2 Å². The molecule has 0 spiro atoms. The molecule has 0 aliphatic heterocycles. The Balaban J connectivity index is 4.23. The van der Waals surface area contributed by atoms with Crippen LogP contribution in [0.4, 0.5) is 0 Å². The maximum atomic E-state index is 12.9. The van der Waals surface area contributed by atoms with Gasteiger partial charge in [0.15, 0.2) is 6.10 Å². The quantitative estimate of drug-likeness (QED) is 0.0261. The molecule has 0 N–H and O–H groups in total. The van der Waals surface area contributed by atoms with Crippen molar-refractivity contribution < 1.29 is 28.6 Å². The summed E-state index contributed by atoms with van der Waals surface area (Å²) in [5.74, 6) is -0.869. The summed E-state index contributed by atoms with van der Waals surface area (Å²) >= 11 is 0. The van der Waals surface area contributed by atoms with Crippen molar-refractivity contribution in [2.75, 3.05) is 13.2 Å². The number of hydrogen-bond donors (Lipinski definition) is 0. The van der Waals surface area contributed by atoms with Gasteiger partial charge in [-0.05, 0) is 83.5 Å². The molecule has 0 amide bonds. The van der Waals surface area contributed by atoms with E-state index in [0.29, 0.717) is 19.3 Å². The Morgan fingerprint density at radius 2 is 0.507 bits per heavy atom. The van der Waals surface area contributed by atoms with Gasteiger partial charge in [-0.1, -0.05) is 275 Å². The number of rotatable bonds is 57. The molecular weight excluding hydrogens is 877 g/mol. The second kappa shape index (κ2) is 59.9. The number of carbonyl (C=O) groups excluding carboxylic acids is 3. The zero-order valence-corrected chi connectivity index (χ0v) is 47.5. The molecule has 0 aromatic heterocycles. The van der Waals surface area contributed by atoms with E-state index in [-0.39, 0.29) is 31.1 Å². The Kier molecular flexibility index (Phi) is 57.7. The van der Waals surface area contributed by atoms with Crippen molar-refractivity contribution in [1.82, 2.24) is 0 Å². The summed E-state index contributed by atoms with van der Waals surface area (Å²) in [6.07, 6.45) is 74.1. The van der Waals surface area contributed by atoms with E-state index in [1.54, 1.807) is 0 Å². The predicted molar refractivity (Wildman–Crippen MR) is 307 cm³/mol. The minimum Gasteiger partial charge on any atom is -0.462 e. The smallest absolute Gasteiger partial charge is 0.306 e. The lowest BCUT2D eigenvalue weighted by atomic mass is 10.1. The van der Waals surface area contributed by atoms with E-state index < -0.39 is 6.10 Å². The Hall–Kier alpha value is -2.63. The Bertz CT molecular complexity index is 1230. The lowest BCUT2D eigenvalue weighted by Gasteiger charge is -2.18. The highest BCUT2D eigenvalue weighted by atomic mass is 16.6. The second-order valence-corrected chi connectivity index (χ2v) is 21.0. The van der Waals surface area contributed by atoms with Crippen LogP contribution < -0.4 is 0 Å². The fraction of sp³-hybridized carbons (Fsp3) is 0.831. The summed E-state index contributed by atoms with van der Waals surface area (Å²) in [5.41, 5.74) is 0. The molecule has 6 heteroatoms. The second-order valence-electron chi connectivity index (χ2n) is 21.0. The molecule has 71 heavy (non-hydrogen) atoms. The summed E-state index contributed by atoms with van der Waals surface area (Å²) in [5, 5.41) is 0. The van der Waals surface area contributed by atoms with Gasteiger partial charge in [0.05, 0.1) is 0 Å². The Morgan fingerprint density at radius 3 is 0.803 bits per heavy atom. The molecule has 6 nitrogen and oxygen atoms in total. The Labute approximate surface area is 441 Å². The van der Waals surface area contributed by atoms with Crippen molar-refractivity contribution in [1.29, 1.82) is 0 Å². The van der Waals surface area contributed by atoms with Crippen LogP contribution in [0.5, 0.6) is 0 Å². The predicted octanol–water partition coefficient (Wildman–Crippen LogP) is 21.0.